The van der Waals surface area contributed by atoms with Crippen LogP contribution in [-0.4, -0.2) is 36.2 Å². The summed E-state index contributed by atoms with van der Waals surface area (Å²) in [6, 6.07) is 0.595. The molecule has 92 valence electrons. The van der Waals surface area contributed by atoms with Crippen LogP contribution in [-0.2, 0) is 0 Å². The van der Waals surface area contributed by atoms with E-state index in [4.69, 9.17) is 0 Å². The maximum Gasteiger partial charge on any atom is 0.0249 e. The second-order valence-corrected chi connectivity index (χ2v) is 5.96. The molecule has 0 aliphatic carbocycles. The number of rotatable bonds is 3. The fraction of sp³-hybridized carbons (Fsp3) is 1.00. The Hall–Kier alpha value is 0.270. The van der Waals surface area contributed by atoms with Gasteiger partial charge >= 0.3 is 0 Å². The highest BCUT2D eigenvalue weighted by atomic mass is 32.2. The van der Waals surface area contributed by atoms with Gasteiger partial charge in [0.25, 0.3) is 0 Å². The van der Waals surface area contributed by atoms with Gasteiger partial charge in [0.2, 0.25) is 0 Å². The molecule has 0 radical (unpaired) electrons. The van der Waals surface area contributed by atoms with Gasteiger partial charge in [0.05, 0.1) is 0 Å². The minimum absolute atomic E-state index is 0.359. The molecular weight excluding hydrogens is 204 g/mol. The Kier molecular flexibility index (Phi) is 7.66. The van der Waals surface area contributed by atoms with Gasteiger partial charge in [0.15, 0.2) is 0 Å². The van der Waals surface area contributed by atoms with E-state index in [9.17, 15) is 0 Å². The number of nitrogens with zero attached hydrogens (tertiary/aromatic N) is 1. The summed E-state index contributed by atoms with van der Waals surface area (Å²) in [4.78, 5) is 0. The molecule has 0 saturated carbocycles. The predicted octanol–water partition coefficient (Wildman–Crippen LogP) is 3.00. The third kappa shape index (κ3) is 5.79. The van der Waals surface area contributed by atoms with Crippen molar-refractivity contribution < 1.29 is 0 Å². The minimum atomic E-state index is 0.359. The van der Waals surface area contributed by atoms with Crippen molar-refractivity contribution in [1.82, 2.24) is 9.62 Å². The van der Waals surface area contributed by atoms with Crippen LogP contribution in [0.25, 0.3) is 0 Å². The first-order valence-corrected chi connectivity index (χ1v) is 7.03. The fourth-order valence-corrected chi connectivity index (χ4v) is 2.67. The summed E-state index contributed by atoms with van der Waals surface area (Å²) in [7, 11) is 2.07. The van der Waals surface area contributed by atoms with Crippen molar-refractivity contribution in [3.05, 3.63) is 0 Å². The molecule has 1 aliphatic rings. The van der Waals surface area contributed by atoms with E-state index in [1.54, 1.807) is 0 Å². The van der Waals surface area contributed by atoms with Crippen molar-refractivity contribution in [2.24, 2.45) is 5.41 Å². The molecule has 0 amide bonds. The van der Waals surface area contributed by atoms with Crippen molar-refractivity contribution in [3.63, 3.8) is 0 Å². The molecule has 0 aromatic heterocycles. The van der Waals surface area contributed by atoms with Crippen molar-refractivity contribution in [3.8, 4) is 0 Å². The molecule has 0 aromatic rings. The number of hydrogen-bond acceptors (Lipinski definition) is 3. The molecule has 1 saturated heterocycles. The first-order valence-electron chi connectivity index (χ1n) is 6.09. The molecule has 1 N–H and O–H groups in total. The quantitative estimate of drug-likeness (QED) is 0.753. The second kappa shape index (κ2) is 7.53. The van der Waals surface area contributed by atoms with E-state index >= 15 is 0 Å². The van der Waals surface area contributed by atoms with Crippen LogP contribution < -0.4 is 5.32 Å². The molecule has 1 aliphatic heterocycles. The molecular formula is C12H28N2S. The average Bonchev–Trinajstić information content (AvgIpc) is 2.68. The smallest absolute Gasteiger partial charge is 0.0249 e. The molecule has 0 bridgehead atoms. The average molecular weight is 232 g/mol. The number of hydrogen-bond donors (Lipinski definition) is 1. The van der Waals surface area contributed by atoms with Gasteiger partial charge in [-0.1, -0.05) is 46.6 Å². The number of nitrogens with one attached hydrogen (secondary N) is 1. The van der Waals surface area contributed by atoms with E-state index in [1.165, 1.54) is 25.3 Å². The van der Waals surface area contributed by atoms with Gasteiger partial charge in [-0.15, -0.1) is 0 Å². The summed E-state index contributed by atoms with van der Waals surface area (Å²) in [5, 5.41) is 3.41. The van der Waals surface area contributed by atoms with Crippen LogP contribution in [0.3, 0.4) is 0 Å². The zero-order valence-corrected chi connectivity index (χ0v) is 12.1. The normalized spacial score (nSPS) is 19.6. The third-order valence-corrected chi connectivity index (χ3v) is 3.77. The lowest BCUT2D eigenvalue weighted by Gasteiger charge is -2.33. The summed E-state index contributed by atoms with van der Waals surface area (Å²) >= 11 is 2.00. The first-order chi connectivity index (χ1) is 7.04. The Morgan fingerprint density at radius 3 is 2.27 bits per heavy atom. The van der Waals surface area contributed by atoms with E-state index < -0.39 is 0 Å². The monoisotopic (exact) mass is 232 g/mol. The lowest BCUT2D eigenvalue weighted by molar-refractivity contribution is 0.245. The van der Waals surface area contributed by atoms with Gasteiger partial charge in [-0.05, 0) is 18.9 Å². The van der Waals surface area contributed by atoms with Crippen LogP contribution in [0.2, 0.25) is 0 Å². The van der Waals surface area contributed by atoms with Gasteiger partial charge in [0, 0.05) is 24.9 Å². The van der Waals surface area contributed by atoms with Crippen molar-refractivity contribution in [1.29, 1.82) is 0 Å². The van der Waals surface area contributed by atoms with Gasteiger partial charge in [-0.2, -0.15) is 0 Å². The van der Waals surface area contributed by atoms with Gasteiger partial charge in [-0.25, -0.2) is 4.31 Å². The molecule has 1 heterocycles. The van der Waals surface area contributed by atoms with Crippen LogP contribution in [0.5, 0.6) is 0 Å². The highest BCUT2D eigenvalue weighted by Gasteiger charge is 2.26. The summed E-state index contributed by atoms with van der Waals surface area (Å²) in [5.41, 5.74) is 0.359. The Morgan fingerprint density at radius 2 is 1.93 bits per heavy atom. The summed E-state index contributed by atoms with van der Waals surface area (Å²) < 4.78 is 2.49. The number of likely N-dealkylation sites (N-methyl/N-ethyl adjacent to an activating group) is 1. The van der Waals surface area contributed by atoms with Gasteiger partial charge < -0.3 is 5.32 Å². The lowest BCUT2D eigenvalue weighted by Crippen LogP contribution is -2.45. The molecule has 1 fully saturated rings. The molecule has 1 atom stereocenters. The summed E-state index contributed by atoms with van der Waals surface area (Å²) in [6.07, 6.45) is 1.35. The van der Waals surface area contributed by atoms with Crippen molar-refractivity contribution >= 4 is 11.9 Å². The van der Waals surface area contributed by atoms with E-state index in [1.807, 2.05) is 25.8 Å². The minimum Gasteiger partial charge on any atom is -0.315 e. The third-order valence-electron chi connectivity index (χ3n) is 2.61. The maximum absolute atomic E-state index is 3.41. The summed E-state index contributed by atoms with van der Waals surface area (Å²) in [5.74, 6) is 1.31. The Labute approximate surface area is 100 Å². The van der Waals surface area contributed by atoms with Gasteiger partial charge in [-0.3, -0.25) is 0 Å². The predicted molar refractivity (Wildman–Crippen MR) is 72.3 cm³/mol. The molecule has 2 nitrogen and oxygen atoms in total. The highest BCUT2D eigenvalue weighted by molar-refractivity contribution is 7.97. The van der Waals surface area contributed by atoms with E-state index in [2.05, 4.69) is 37.4 Å². The van der Waals surface area contributed by atoms with Crippen LogP contribution in [0.1, 0.15) is 41.0 Å². The van der Waals surface area contributed by atoms with Crippen LogP contribution >= 0.6 is 11.9 Å². The second-order valence-electron chi connectivity index (χ2n) is 4.78. The van der Waals surface area contributed by atoms with Crippen molar-refractivity contribution in [2.45, 2.75) is 47.1 Å². The van der Waals surface area contributed by atoms with Crippen LogP contribution in [0.15, 0.2) is 0 Å². The topological polar surface area (TPSA) is 15.3 Å². The van der Waals surface area contributed by atoms with Gasteiger partial charge in [0.1, 0.15) is 0 Å². The van der Waals surface area contributed by atoms with E-state index in [0.29, 0.717) is 11.5 Å². The molecule has 0 spiro atoms. The molecule has 0 aromatic carbocycles. The molecule has 3 heteroatoms. The van der Waals surface area contributed by atoms with E-state index in [-0.39, 0.29) is 0 Å². The lowest BCUT2D eigenvalue weighted by atomic mass is 9.87. The maximum atomic E-state index is 3.41. The largest absolute Gasteiger partial charge is 0.315 e. The first kappa shape index (κ1) is 15.3. The van der Waals surface area contributed by atoms with Crippen LogP contribution in [0, 0.1) is 5.41 Å². The van der Waals surface area contributed by atoms with Crippen LogP contribution in [0.4, 0.5) is 0 Å². The Morgan fingerprint density at radius 1 is 1.33 bits per heavy atom. The Bertz CT molecular complexity index is 148. The Balaban J connectivity index is 0.000000921. The zero-order chi connectivity index (χ0) is 11.9. The van der Waals surface area contributed by atoms with E-state index in [0.717, 1.165) is 0 Å². The molecule has 1 unspecified atom stereocenters. The molecule has 1 rings (SSSR count). The highest BCUT2D eigenvalue weighted by Crippen LogP contribution is 2.25. The fourth-order valence-electron chi connectivity index (χ4n) is 1.64. The summed E-state index contributed by atoms with van der Waals surface area (Å²) in [6.45, 7) is 13.3. The SMILES string of the molecule is CC.CNC(CN1CCCS1)C(C)(C)C. The molecule has 15 heavy (non-hydrogen) atoms. The standard InChI is InChI=1S/C10H22N2S.C2H6/c1-10(2,3)9(11-4)8-12-6-5-7-13-12;1-2/h9,11H,5-8H2,1-4H3;1-2H3. The zero-order valence-electron chi connectivity index (χ0n) is 11.3. The van der Waals surface area contributed by atoms with Crippen molar-refractivity contribution in [2.75, 3.05) is 25.9 Å².